The molecule has 0 saturated carbocycles. The van der Waals surface area contributed by atoms with Crippen molar-refractivity contribution >= 4 is 22.3 Å². The second-order valence-corrected chi connectivity index (χ2v) is 5.01. The van der Waals surface area contributed by atoms with Crippen LogP contribution in [-0.4, -0.2) is 20.5 Å². The third kappa shape index (κ3) is 2.01. The van der Waals surface area contributed by atoms with Crippen molar-refractivity contribution in [2.45, 2.75) is 6.92 Å². The molecule has 0 aliphatic carbocycles. The lowest BCUT2D eigenvalue weighted by molar-refractivity contribution is 0.0686. The van der Waals surface area contributed by atoms with Gasteiger partial charge in [-0.2, -0.15) is 4.98 Å². The monoisotopic (exact) mass is 292 g/mol. The molecule has 0 spiro atoms. The van der Waals surface area contributed by atoms with E-state index in [4.69, 9.17) is 4.74 Å². The summed E-state index contributed by atoms with van der Waals surface area (Å²) in [6.45, 7) is 1.63. The van der Waals surface area contributed by atoms with Crippen LogP contribution in [0.4, 0.5) is 4.39 Å². The molecule has 2 heterocycles. The Labute approximate surface area is 116 Å². The Morgan fingerprint density at radius 3 is 3.00 bits per heavy atom. The highest BCUT2D eigenvalue weighted by Crippen LogP contribution is 2.28. The van der Waals surface area contributed by atoms with E-state index >= 15 is 0 Å². The third-order valence-corrected chi connectivity index (χ3v) is 3.55. The molecule has 20 heavy (non-hydrogen) atoms. The highest BCUT2D eigenvalue weighted by Gasteiger charge is 2.21. The zero-order valence-electron chi connectivity index (χ0n) is 10.3. The Kier molecular flexibility index (Phi) is 2.90. The third-order valence-electron chi connectivity index (χ3n) is 2.79. The second-order valence-electron chi connectivity index (χ2n) is 4.14. The molecule has 3 aromatic rings. The van der Waals surface area contributed by atoms with Crippen LogP contribution < -0.4 is 4.74 Å². The highest BCUT2D eigenvalue weighted by molar-refractivity contribution is 7.15. The minimum absolute atomic E-state index is 0.0485. The number of hydrogen-bond donors (Lipinski definition) is 1. The fourth-order valence-electron chi connectivity index (χ4n) is 1.78. The molecule has 0 unspecified atom stereocenters. The Hall–Kier alpha value is -2.41. The lowest BCUT2D eigenvalue weighted by Crippen LogP contribution is -2.02. The lowest BCUT2D eigenvalue weighted by atomic mass is 10.2. The summed E-state index contributed by atoms with van der Waals surface area (Å²) in [5, 5.41) is 11.0. The summed E-state index contributed by atoms with van der Waals surface area (Å²) in [5.74, 6) is -1.41. The first kappa shape index (κ1) is 12.6. The maximum atomic E-state index is 13.5. The van der Waals surface area contributed by atoms with Crippen molar-refractivity contribution in [3.63, 3.8) is 0 Å². The van der Waals surface area contributed by atoms with Crippen molar-refractivity contribution < 1.29 is 19.0 Å². The number of nitrogens with zero attached hydrogens (tertiary/aromatic N) is 2. The van der Waals surface area contributed by atoms with Gasteiger partial charge in [0.05, 0.1) is 0 Å². The standard InChI is InChI=1S/C13H9FN2O3S/c1-7-2-3-8(6-9(7)14)19-11-10(12(17)18)16-4-5-20-13(16)15-11/h2-6H,1H3,(H,17,18). The smallest absolute Gasteiger partial charge is 0.358 e. The molecule has 0 saturated heterocycles. The predicted octanol–water partition coefficient (Wildman–Crippen LogP) is 3.33. The van der Waals surface area contributed by atoms with Crippen molar-refractivity contribution in [1.29, 1.82) is 0 Å². The van der Waals surface area contributed by atoms with E-state index in [0.717, 1.165) is 0 Å². The molecule has 102 valence electrons. The number of aryl methyl sites for hydroxylation is 1. The minimum atomic E-state index is -1.15. The van der Waals surface area contributed by atoms with Gasteiger partial charge in [-0.05, 0) is 18.6 Å². The molecular weight excluding hydrogens is 283 g/mol. The molecule has 2 aromatic heterocycles. The van der Waals surface area contributed by atoms with Crippen LogP contribution in [-0.2, 0) is 0 Å². The molecule has 0 bridgehead atoms. The molecule has 7 heteroatoms. The molecule has 1 N–H and O–H groups in total. The highest BCUT2D eigenvalue weighted by atomic mass is 32.1. The van der Waals surface area contributed by atoms with Gasteiger partial charge < -0.3 is 9.84 Å². The number of aromatic nitrogens is 2. The van der Waals surface area contributed by atoms with Crippen molar-refractivity contribution in [1.82, 2.24) is 9.38 Å². The quantitative estimate of drug-likeness (QED) is 0.804. The molecule has 0 aliphatic heterocycles. The summed E-state index contributed by atoms with van der Waals surface area (Å²) in [5.41, 5.74) is 0.406. The summed E-state index contributed by atoms with van der Waals surface area (Å²) in [6.07, 6.45) is 1.60. The van der Waals surface area contributed by atoms with E-state index < -0.39 is 11.8 Å². The number of rotatable bonds is 3. The van der Waals surface area contributed by atoms with Crippen LogP contribution in [0.15, 0.2) is 29.8 Å². The molecule has 5 nitrogen and oxygen atoms in total. The Morgan fingerprint density at radius 2 is 2.30 bits per heavy atom. The average molecular weight is 292 g/mol. The first-order chi connectivity index (χ1) is 9.56. The van der Waals surface area contributed by atoms with Gasteiger partial charge in [0, 0.05) is 17.6 Å². The fourth-order valence-corrected chi connectivity index (χ4v) is 2.49. The van der Waals surface area contributed by atoms with Gasteiger partial charge in [-0.3, -0.25) is 4.40 Å². The number of halogens is 1. The predicted molar refractivity (Wildman–Crippen MR) is 71.2 cm³/mol. The van der Waals surface area contributed by atoms with Crippen LogP contribution in [0.1, 0.15) is 16.1 Å². The van der Waals surface area contributed by atoms with Crippen molar-refractivity contribution in [3.8, 4) is 11.6 Å². The number of aromatic carboxylic acids is 1. The first-order valence-electron chi connectivity index (χ1n) is 5.69. The molecule has 0 fully saturated rings. The summed E-state index contributed by atoms with van der Waals surface area (Å²) >= 11 is 1.29. The maximum Gasteiger partial charge on any atom is 0.358 e. The van der Waals surface area contributed by atoms with Gasteiger partial charge >= 0.3 is 5.97 Å². The number of ether oxygens (including phenoxy) is 1. The van der Waals surface area contributed by atoms with Gasteiger partial charge in [-0.15, -0.1) is 11.3 Å². The largest absolute Gasteiger partial charge is 0.476 e. The van der Waals surface area contributed by atoms with Crippen LogP contribution in [0.25, 0.3) is 4.96 Å². The van der Waals surface area contributed by atoms with Crippen molar-refractivity contribution in [2.24, 2.45) is 0 Å². The van der Waals surface area contributed by atoms with E-state index in [1.807, 2.05) is 0 Å². The van der Waals surface area contributed by atoms with Crippen LogP contribution in [0.2, 0.25) is 0 Å². The summed E-state index contributed by atoms with van der Waals surface area (Å²) < 4.78 is 20.3. The van der Waals surface area contributed by atoms with Gasteiger partial charge in [-0.25, -0.2) is 9.18 Å². The number of carboxylic acid groups (broad SMARTS) is 1. The van der Waals surface area contributed by atoms with Gasteiger partial charge in [0.15, 0.2) is 10.7 Å². The Balaban J connectivity index is 2.05. The number of carboxylic acids is 1. The number of imidazole rings is 1. The molecule has 1 aromatic carbocycles. The van der Waals surface area contributed by atoms with Crippen LogP contribution in [0.3, 0.4) is 0 Å². The Bertz CT molecular complexity index is 809. The fraction of sp³-hybridized carbons (Fsp3) is 0.0769. The van der Waals surface area contributed by atoms with E-state index in [1.54, 1.807) is 30.6 Å². The molecular formula is C13H9FN2O3S. The molecule has 0 atom stereocenters. The zero-order chi connectivity index (χ0) is 14.3. The number of hydrogen-bond acceptors (Lipinski definition) is 4. The Morgan fingerprint density at radius 1 is 1.50 bits per heavy atom. The van der Waals surface area contributed by atoms with Crippen molar-refractivity contribution in [2.75, 3.05) is 0 Å². The van der Waals surface area contributed by atoms with E-state index in [0.29, 0.717) is 10.5 Å². The number of thiazole rings is 1. The number of carbonyl (C=O) groups is 1. The average Bonchev–Trinajstić information content (AvgIpc) is 2.93. The molecule has 0 amide bonds. The van der Waals surface area contributed by atoms with Gasteiger partial charge in [0.25, 0.3) is 5.88 Å². The first-order valence-corrected chi connectivity index (χ1v) is 6.57. The van der Waals surface area contributed by atoms with E-state index in [1.165, 1.54) is 21.8 Å². The molecule has 0 aliphatic rings. The summed E-state index contributed by atoms with van der Waals surface area (Å²) in [4.78, 5) is 15.9. The van der Waals surface area contributed by atoms with Crippen LogP contribution in [0.5, 0.6) is 11.6 Å². The SMILES string of the molecule is Cc1ccc(Oc2nc3sccn3c2C(=O)O)cc1F. The van der Waals surface area contributed by atoms with Gasteiger partial charge in [0.1, 0.15) is 11.6 Å². The molecule has 3 rings (SSSR count). The normalized spacial score (nSPS) is 10.9. The van der Waals surface area contributed by atoms with E-state index in [2.05, 4.69) is 4.98 Å². The van der Waals surface area contributed by atoms with Gasteiger partial charge in [-0.1, -0.05) is 6.07 Å². The summed E-state index contributed by atoms with van der Waals surface area (Å²) in [6, 6.07) is 4.33. The maximum absolute atomic E-state index is 13.5. The number of benzene rings is 1. The lowest BCUT2D eigenvalue weighted by Gasteiger charge is -2.04. The summed E-state index contributed by atoms with van der Waals surface area (Å²) in [7, 11) is 0. The number of fused-ring (bicyclic) bond motifs is 1. The van der Waals surface area contributed by atoms with Crippen LogP contribution in [0, 0.1) is 12.7 Å². The van der Waals surface area contributed by atoms with E-state index in [9.17, 15) is 14.3 Å². The second kappa shape index (κ2) is 4.61. The topological polar surface area (TPSA) is 63.8 Å². The van der Waals surface area contributed by atoms with E-state index in [-0.39, 0.29) is 17.3 Å². The van der Waals surface area contributed by atoms with Gasteiger partial charge in [0.2, 0.25) is 0 Å². The van der Waals surface area contributed by atoms with Crippen LogP contribution >= 0.6 is 11.3 Å². The zero-order valence-corrected chi connectivity index (χ0v) is 11.1. The molecule has 0 radical (unpaired) electrons. The van der Waals surface area contributed by atoms with Crippen molar-refractivity contribution in [3.05, 3.63) is 46.9 Å². The minimum Gasteiger partial charge on any atom is -0.476 e.